The van der Waals surface area contributed by atoms with E-state index >= 15 is 0 Å². The van der Waals surface area contributed by atoms with Gasteiger partial charge in [0.15, 0.2) is 0 Å². The molecule has 0 atom stereocenters. The molecule has 0 aliphatic heterocycles. The van der Waals surface area contributed by atoms with Crippen LogP contribution in [0.25, 0.3) is 6.08 Å². The molecule has 1 amide bonds. The van der Waals surface area contributed by atoms with Crippen LogP contribution in [0.3, 0.4) is 0 Å². The van der Waals surface area contributed by atoms with Gasteiger partial charge in [0.25, 0.3) is 5.91 Å². The number of nitrogens with one attached hydrogen (secondary N) is 1. The Labute approximate surface area is 128 Å². The zero-order valence-corrected chi connectivity index (χ0v) is 13.1. The van der Waals surface area contributed by atoms with Crippen LogP contribution in [-0.4, -0.2) is 12.1 Å². The highest BCUT2D eigenvalue weighted by Crippen LogP contribution is 2.22. The van der Waals surface area contributed by atoms with Gasteiger partial charge < -0.3 is 4.42 Å². The van der Waals surface area contributed by atoms with E-state index in [-0.39, 0.29) is 5.91 Å². The lowest BCUT2D eigenvalue weighted by Gasteiger charge is -1.98. The SMILES string of the molecule is CC(/C=N\NC(=O)c1csc(C(C)C)c1)=C\c1ccco1. The number of allylic oxidation sites excluding steroid dienone is 1. The summed E-state index contributed by atoms with van der Waals surface area (Å²) in [4.78, 5) is 13.1. The second kappa shape index (κ2) is 7.04. The molecule has 2 rings (SSSR count). The van der Waals surface area contributed by atoms with Crippen molar-refractivity contribution in [3.05, 3.63) is 51.6 Å². The molecule has 0 unspecified atom stereocenters. The maximum Gasteiger partial charge on any atom is 0.272 e. The zero-order chi connectivity index (χ0) is 15.2. The van der Waals surface area contributed by atoms with Crippen molar-refractivity contribution in [3.8, 4) is 0 Å². The number of rotatable bonds is 5. The lowest BCUT2D eigenvalue weighted by atomic mass is 10.1. The van der Waals surface area contributed by atoms with Crippen molar-refractivity contribution in [1.29, 1.82) is 0 Å². The van der Waals surface area contributed by atoms with Gasteiger partial charge in [-0.25, -0.2) is 5.43 Å². The predicted octanol–water partition coefficient (Wildman–Crippen LogP) is 4.28. The summed E-state index contributed by atoms with van der Waals surface area (Å²) in [5.74, 6) is 0.989. The molecular formula is C16H18N2O2S. The first-order chi connectivity index (χ1) is 10.1. The minimum absolute atomic E-state index is 0.194. The standard InChI is InChI=1S/C16H18N2O2S/c1-11(2)15-8-13(10-21-15)16(19)18-17-9-12(3)7-14-5-4-6-20-14/h4-11H,1-3H3,(H,18,19)/b12-7+,17-9-. The number of carbonyl (C=O) groups is 1. The van der Waals surface area contributed by atoms with Crippen LogP contribution in [0.1, 0.15) is 47.7 Å². The van der Waals surface area contributed by atoms with Gasteiger partial charge in [-0.1, -0.05) is 13.8 Å². The van der Waals surface area contributed by atoms with E-state index in [9.17, 15) is 4.79 Å². The first-order valence-corrected chi connectivity index (χ1v) is 7.58. The molecule has 2 aromatic heterocycles. The first-order valence-electron chi connectivity index (χ1n) is 6.70. The highest BCUT2D eigenvalue weighted by Gasteiger charge is 2.09. The molecule has 21 heavy (non-hydrogen) atoms. The van der Waals surface area contributed by atoms with E-state index in [0.717, 1.165) is 11.3 Å². The van der Waals surface area contributed by atoms with Crippen LogP contribution in [0.2, 0.25) is 0 Å². The highest BCUT2D eigenvalue weighted by atomic mass is 32.1. The quantitative estimate of drug-likeness (QED) is 0.662. The molecule has 0 saturated carbocycles. The number of carbonyl (C=O) groups excluding carboxylic acids is 1. The summed E-state index contributed by atoms with van der Waals surface area (Å²) >= 11 is 1.59. The third-order valence-corrected chi connectivity index (χ3v) is 4.03. The van der Waals surface area contributed by atoms with E-state index in [4.69, 9.17) is 4.42 Å². The van der Waals surface area contributed by atoms with Crippen LogP contribution in [-0.2, 0) is 0 Å². The van der Waals surface area contributed by atoms with Crippen molar-refractivity contribution in [2.75, 3.05) is 0 Å². The average Bonchev–Trinajstić information content (AvgIpc) is 3.09. The molecule has 0 fully saturated rings. The fourth-order valence-electron chi connectivity index (χ4n) is 1.67. The third-order valence-electron chi connectivity index (χ3n) is 2.80. The van der Waals surface area contributed by atoms with E-state index in [1.165, 1.54) is 4.88 Å². The second-order valence-corrected chi connectivity index (χ2v) is 5.94. The van der Waals surface area contributed by atoms with Crippen molar-refractivity contribution >= 4 is 29.5 Å². The maximum atomic E-state index is 11.9. The Balaban J connectivity index is 1.92. The maximum absolute atomic E-state index is 11.9. The number of furan rings is 1. The van der Waals surface area contributed by atoms with Crippen LogP contribution in [0, 0.1) is 0 Å². The Morgan fingerprint density at radius 2 is 2.29 bits per heavy atom. The van der Waals surface area contributed by atoms with Crippen LogP contribution < -0.4 is 5.43 Å². The fraction of sp³-hybridized carbons (Fsp3) is 0.250. The molecule has 0 aliphatic carbocycles. The van der Waals surface area contributed by atoms with Crippen LogP contribution in [0.4, 0.5) is 0 Å². The number of hydrazone groups is 1. The third kappa shape index (κ3) is 4.43. The average molecular weight is 302 g/mol. The Morgan fingerprint density at radius 1 is 1.48 bits per heavy atom. The Hall–Kier alpha value is -2.14. The summed E-state index contributed by atoms with van der Waals surface area (Å²) in [6, 6.07) is 5.58. The molecule has 1 N–H and O–H groups in total. The normalized spacial score (nSPS) is 12.3. The number of thiophene rings is 1. The zero-order valence-electron chi connectivity index (χ0n) is 12.3. The van der Waals surface area contributed by atoms with Gasteiger partial charge in [-0.15, -0.1) is 11.3 Å². The molecule has 0 spiro atoms. The van der Waals surface area contributed by atoms with Crippen LogP contribution in [0.5, 0.6) is 0 Å². The topological polar surface area (TPSA) is 54.6 Å². The largest absolute Gasteiger partial charge is 0.465 e. The minimum Gasteiger partial charge on any atom is -0.465 e. The predicted molar refractivity (Wildman–Crippen MR) is 86.7 cm³/mol. The summed E-state index contributed by atoms with van der Waals surface area (Å²) in [6.07, 6.45) is 5.05. The molecule has 0 saturated heterocycles. The summed E-state index contributed by atoms with van der Waals surface area (Å²) in [7, 11) is 0. The fourth-order valence-corrected chi connectivity index (χ4v) is 2.57. The van der Waals surface area contributed by atoms with E-state index in [0.29, 0.717) is 11.5 Å². The molecule has 2 aromatic rings. The number of hydrogen-bond acceptors (Lipinski definition) is 4. The number of hydrogen-bond donors (Lipinski definition) is 1. The van der Waals surface area contributed by atoms with E-state index in [1.807, 2.05) is 36.6 Å². The lowest BCUT2D eigenvalue weighted by Crippen LogP contribution is -2.16. The van der Waals surface area contributed by atoms with Crippen LogP contribution >= 0.6 is 11.3 Å². The van der Waals surface area contributed by atoms with Gasteiger partial charge in [-0.2, -0.15) is 5.10 Å². The molecule has 0 radical (unpaired) electrons. The molecular weight excluding hydrogens is 284 g/mol. The van der Waals surface area contributed by atoms with Crippen molar-refractivity contribution in [3.63, 3.8) is 0 Å². The molecule has 4 nitrogen and oxygen atoms in total. The Kier molecular flexibility index (Phi) is 5.11. The van der Waals surface area contributed by atoms with Gasteiger partial charge >= 0.3 is 0 Å². The highest BCUT2D eigenvalue weighted by molar-refractivity contribution is 7.10. The molecule has 0 aliphatic rings. The van der Waals surface area contributed by atoms with Crippen molar-refractivity contribution in [1.82, 2.24) is 5.43 Å². The van der Waals surface area contributed by atoms with Gasteiger partial charge in [0, 0.05) is 10.3 Å². The number of nitrogens with zero attached hydrogens (tertiary/aromatic N) is 1. The Morgan fingerprint density at radius 3 is 2.90 bits per heavy atom. The summed E-state index contributed by atoms with van der Waals surface area (Å²) in [6.45, 7) is 6.10. The molecule has 5 heteroatoms. The number of amides is 1. The second-order valence-electron chi connectivity index (χ2n) is 5.00. The van der Waals surface area contributed by atoms with E-state index in [2.05, 4.69) is 24.4 Å². The smallest absolute Gasteiger partial charge is 0.272 e. The van der Waals surface area contributed by atoms with E-state index < -0.39 is 0 Å². The molecule has 0 aromatic carbocycles. The van der Waals surface area contributed by atoms with Gasteiger partial charge in [0.05, 0.1) is 18.0 Å². The summed E-state index contributed by atoms with van der Waals surface area (Å²) in [5, 5.41) is 5.81. The summed E-state index contributed by atoms with van der Waals surface area (Å²) < 4.78 is 5.20. The lowest BCUT2D eigenvalue weighted by molar-refractivity contribution is 0.0955. The van der Waals surface area contributed by atoms with Crippen molar-refractivity contribution in [2.24, 2.45) is 5.10 Å². The van der Waals surface area contributed by atoms with Gasteiger partial charge in [-0.3, -0.25) is 4.79 Å². The van der Waals surface area contributed by atoms with Crippen molar-refractivity contribution < 1.29 is 9.21 Å². The van der Waals surface area contributed by atoms with Crippen LogP contribution in [0.15, 0.2) is 44.9 Å². The van der Waals surface area contributed by atoms with Gasteiger partial charge in [0.2, 0.25) is 0 Å². The minimum atomic E-state index is -0.194. The monoisotopic (exact) mass is 302 g/mol. The molecule has 2 heterocycles. The van der Waals surface area contributed by atoms with Gasteiger partial charge in [-0.05, 0) is 42.7 Å². The van der Waals surface area contributed by atoms with E-state index in [1.54, 1.807) is 23.8 Å². The molecule has 110 valence electrons. The first kappa shape index (κ1) is 15.3. The molecule has 0 bridgehead atoms. The Bertz CT molecular complexity index is 652. The summed E-state index contributed by atoms with van der Waals surface area (Å²) in [5.41, 5.74) is 4.06. The van der Waals surface area contributed by atoms with Crippen molar-refractivity contribution in [2.45, 2.75) is 26.7 Å². The van der Waals surface area contributed by atoms with Gasteiger partial charge in [0.1, 0.15) is 5.76 Å².